The van der Waals surface area contributed by atoms with Crippen LogP contribution in [0.5, 0.6) is 5.75 Å². The number of carboxylic acid groups (broad SMARTS) is 2. The van der Waals surface area contributed by atoms with E-state index in [4.69, 9.17) is 24.5 Å². The first-order chi connectivity index (χ1) is 15.6. The van der Waals surface area contributed by atoms with Crippen LogP contribution in [0.25, 0.3) is 0 Å². The summed E-state index contributed by atoms with van der Waals surface area (Å²) in [5.41, 5.74) is 0.447. The molecule has 1 amide bonds. The molecule has 1 fully saturated rings. The zero-order valence-electron chi connectivity index (χ0n) is 19.2. The van der Waals surface area contributed by atoms with Crippen LogP contribution in [0.3, 0.4) is 0 Å². The van der Waals surface area contributed by atoms with Gasteiger partial charge in [-0.3, -0.25) is 4.79 Å². The molecule has 0 radical (unpaired) electrons. The lowest BCUT2D eigenvalue weighted by atomic mass is 10.2. The van der Waals surface area contributed by atoms with Crippen molar-refractivity contribution in [3.05, 3.63) is 18.2 Å². The Morgan fingerprint density at radius 2 is 1.64 bits per heavy atom. The molecule has 0 atom stereocenters. The van der Waals surface area contributed by atoms with Crippen LogP contribution >= 0.6 is 0 Å². The van der Waals surface area contributed by atoms with E-state index in [2.05, 4.69) is 24.5 Å². The summed E-state index contributed by atoms with van der Waals surface area (Å²) in [6.07, 6.45) is 4.66. The number of carboxylic acids is 2. The van der Waals surface area contributed by atoms with Gasteiger partial charge in [0.05, 0.1) is 13.7 Å². The van der Waals surface area contributed by atoms with Crippen LogP contribution in [-0.4, -0.2) is 73.6 Å². The molecule has 1 heterocycles. The van der Waals surface area contributed by atoms with E-state index in [0.29, 0.717) is 24.8 Å². The van der Waals surface area contributed by atoms with E-state index < -0.39 is 22.0 Å². The van der Waals surface area contributed by atoms with E-state index in [0.717, 1.165) is 32.1 Å². The number of hydrogen-bond donors (Lipinski definition) is 4. The van der Waals surface area contributed by atoms with Crippen molar-refractivity contribution in [2.75, 3.05) is 32.1 Å². The molecule has 2 rings (SSSR count). The van der Waals surface area contributed by atoms with Crippen molar-refractivity contribution in [1.82, 2.24) is 9.62 Å². The number of methoxy groups -OCH3 is 1. The molecule has 1 aliphatic heterocycles. The second-order valence-electron chi connectivity index (χ2n) is 7.38. The fraction of sp³-hybridized carbons (Fsp3) is 0.571. The standard InChI is InChI=1S/C19H31N3O4S.C2H2O4/c1-4-15(5-2)20-14-19(23)21-16-9-10-17(26-3)18(13-16)27(24,25)22-11-7-6-8-12-22;3-1(4)2(5)6/h9-10,13,15,20H,4-8,11-12,14H2,1-3H3,(H,21,23);(H,3,4)(H,5,6). The third-order valence-electron chi connectivity index (χ3n) is 5.10. The third-order valence-corrected chi connectivity index (χ3v) is 7.02. The summed E-state index contributed by atoms with van der Waals surface area (Å²) in [5, 5.41) is 20.7. The highest BCUT2D eigenvalue weighted by molar-refractivity contribution is 7.89. The number of ether oxygens (including phenoxy) is 1. The van der Waals surface area contributed by atoms with Crippen LogP contribution in [0.15, 0.2) is 23.1 Å². The number of piperidine rings is 1. The average molecular weight is 488 g/mol. The lowest BCUT2D eigenvalue weighted by molar-refractivity contribution is -0.159. The topological polar surface area (TPSA) is 162 Å². The molecule has 0 bridgehead atoms. The first kappa shape index (κ1) is 28.3. The van der Waals surface area contributed by atoms with Gasteiger partial charge in [0.2, 0.25) is 15.9 Å². The highest BCUT2D eigenvalue weighted by Crippen LogP contribution is 2.31. The van der Waals surface area contributed by atoms with Crippen LogP contribution in [0.1, 0.15) is 46.0 Å². The molecular formula is C21H33N3O8S. The van der Waals surface area contributed by atoms with Gasteiger partial charge in [0, 0.05) is 24.8 Å². The quantitative estimate of drug-likeness (QED) is 0.380. The van der Waals surface area contributed by atoms with Gasteiger partial charge in [-0.2, -0.15) is 4.31 Å². The van der Waals surface area contributed by atoms with Crippen LogP contribution in [-0.2, 0) is 24.4 Å². The minimum atomic E-state index is -3.66. The van der Waals surface area contributed by atoms with Crippen molar-refractivity contribution in [2.24, 2.45) is 0 Å². The molecule has 1 aliphatic rings. The van der Waals surface area contributed by atoms with E-state index >= 15 is 0 Å². The number of amides is 1. The van der Waals surface area contributed by atoms with Crippen LogP contribution in [0.2, 0.25) is 0 Å². The minimum Gasteiger partial charge on any atom is -0.495 e. The maximum atomic E-state index is 13.0. The van der Waals surface area contributed by atoms with E-state index in [-0.39, 0.29) is 23.1 Å². The molecule has 0 aromatic heterocycles. The van der Waals surface area contributed by atoms with Gasteiger partial charge >= 0.3 is 11.9 Å². The number of hydrogen-bond acceptors (Lipinski definition) is 7. The molecule has 0 aliphatic carbocycles. The van der Waals surface area contributed by atoms with Gasteiger partial charge in [-0.05, 0) is 43.9 Å². The molecule has 0 unspecified atom stereocenters. The summed E-state index contributed by atoms with van der Waals surface area (Å²) < 4.78 is 32.8. The zero-order chi connectivity index (χ0) is 25.0. The molecule has 33 heavy (non-hydrogen) atoms. The van der Waals surface area contributed by atoms with Gasteiger partial charge < -0.3 is 25.6 Å². The Balaban J connectivity index is 0.000000801. The second-order valence-corrected chi connectivity index (χ2v) is 9.29. The summed E-state index contributed by atoms with van der Waals surface area (Å²) in [6.45, 7) is 5.36. The maximum absolute atomic E-state index is 13.0. The zero-order valence-corrected chi connectivity index (χ0v) is 20.0. The predicted octanol–water partition coefficient (Wildman–Crippen LogP) is 1.74. The largest absolute Gasteiger partial charge is 0.495 e. The molecule has 12 heteroatoms. The Morgan fingerprint density at radius 1 is 1.06 bits per heavy atom. The van der Waals surface area contributed by atoms with Crippen molar-refractivity contribution in [3.63, 3.8) is 0 Å². The van der Waals surface area contributed by atoms with Gasteiger partial charge in [0.1, 0.15) is 10.6 Å². The van der Waals surface area contributed by atoms with E-state index in [1.807, 2.05) is 0 Å². The fourth-order valence-electron chi connectivity index (χ4n) is 3.22. The van der Waals surface area contributed by atoms with Crippen molar-refractivity contribution >= 4 is 33.6 Å². The molecule has 11 nitrogen and oxygen atoms in total. The van der Waals surface area contributed by atoms with Gasteiger partial charge in [0.25, 0.3) is 0 Å². The first-order valence-electron chi connectivity index (χ1n) is 10.7. The first-order valence-corrected chi connectivity index (χ1v) is 12.2. The van der Waals surface area contributed by atoms with Crippen molar-refractivity contribution < 1.29 is 37.8 Å². The van der Waals surface area contributed by atoms with Crippen molar-refractivity contribution in [3.8, 4) is 5.75 Å². The number of carbonyl (C=O) groups is 3. The summed E-state index contributed by atoms with van der Waals surface area (Å²) in [4.78, 5) is 30.5. The molecular weight excluding hydrogens is 454 g/mol. The Kier molecular flexibility index (Phi) is 11.8. The SMILES string of the molecule is CCC(CC)NCC(=O)Nc1ccc(OC)c(S(=O)(=O)N2CCCCC2)c1.O=C(O)C(=O)O. The number of aliphatic carboxylic acids is 2. The second kappa shape index (κ2) is 13.8. The molecule has 4 N–H and O–H groups in total. The summed E-state index contributed by atoms with van der Waals surface area (Å²) in [7, 11) is -2.21. The van der Waals surface area contributed by atoms with Gasteiger partial charge in [-0.25, -0.2) is 18.0 Å². The number of rotatable bonds is 9. The summed E-state index contributed by atoms with van der Waals surface area (Å²) in [5.74, 6) is -3.56. The number of benzene rings is 1. The van der Waals surface area contributed by atoms with E-state index in [1.165, 1.54) is 17.5 Å². The van der Waals surface area contributed by atoms with Gasteiger partial charge in [-0.15, -0.1) is 0 Å². The van der Waals surface area contributed by atoms with Crippen LogP contribution in [0, 0.1) is 0 Å². The molecule has 1 aromatic carbocycles. The monoisotopic (exact) mass is 487 g/mol. The Labute approximate surface area is 194 Å². The lowest BCUT2D eigenvalue weighted by Gasteiger charge is -2.26. The number of sulfonamides is 1. The van der Waals surface area contributed by atoms with Crippen LogP contribution in [0.4, 0.5) is 5.69 Å². The fourth-order valence-corrected chi connectivity index (χ4v) is 4.92. The number of anilines is 1. The summed E-state index contributed by atoms with van der Waals surface area (Å²) in [6, 6.07) is 5.02. The number of nitrogens with zero attached hydrogens (tertiary/aromatic N) is 1. The Hall–Kier alpha value is -2.70. The van der Waals surface area contributed by atoms with Crippen molar-refractivity contribution in [1.29, 1.82) is 0 Å². The highest BCUT2D eigenvalue weighted by atomic mass is 32.2. The Bertz CT molecular complexity index is 898. The maximum Gasteiger partial charge on any atom is 0.414 e. The number of carbonyl (C=O) groups excluding carboxylic acids is 1. The van der Waals surface area contributed by atoms with Crippen LogP contribution < -0.4 is 15.4 Å². The van der Waals surface area contributed by atoms with E-state index in [1.54, 1.807) is 12.1 Å². The number of nitrogens with one attached hydrogen (secondary N) is 2. The molecule has 1 saturated heterocycles. The Morgan fingerprint density at radius 3 is 2.12 bits per heavy atom. The third kappa shape index (κ3) is 8.98. The molecule has 1 aromatic rings. The molecule has 0 saturated carbocycles. The van der Waals surface area contributed by atoms with Crippen molar-refractivity contribution in [2.45, 2.75) is 56.9 Å². The lowest BCUT2D eigenvalue weighted by Crippen LogP contribution is -2.36. The predicted molar refractivity (Wildman–Crippen MR) is 122 cm³/mol. The van der Waals surface area contributed by atoms with Gasteiger partial charge in [0.15, 0.2) is 0 Å². The normalized spacial score (nSPS) is 14.2. The highest BCUT2D eigenvalue weighted by Gasteiger charge is 2.29. The minimum absolute atomic E-state index is 0.0950. The molecule has 186 valence electrons. The van der Waals surface area contributed by atoms with E-state index in [9.17, 15) is 13.2 Å². The summed E-state index contributed by atoms with van der Waals surface area (Å²) >= 11 is 0. The molecule has 0 spiro atoms. The average Bonchev–Trinajstić information content (AvgIpc) is 2.80. The van der Waals surface area contributed by atoms with Gasteiger partial charge in [-0.1, -0.05) is 20.3 Å². The smallest absolute Gasteiger partial charge is 0.414 e.